The van der Waals surface area contributed by atoms with Gasteiger partial charge < -0.3 is 4.42 Å². The Morgan fingerprint density at radius 3 is 1.90 bits per heavy atom. The SMILES string of the molecule is [2H]c1c([2H])c([2H])c2c([2H])c(-c3c([2H])c([2H])c4c([2H])c(-c5ccc6oc7c(-c8cccc(-c9cccc(-c%10cccc%11c%10sc%10ccccc%10%11)c9)c8)ncnc7c6c5)c([2H])c([2H])c4c3[2H])c([2H])c([2H])c2c1[2H]. The average Bonchev–Trinajstić information content (AvgIpc) is 3.96. The summed E-state index contributed by atoms with van der Waals surface area (Å²) >= 11 is 1.79. The van der Waals surface area contributed by atoms with Gasteiger partial charge in [0, 0.05) is 31.1 Å². The van der Waals surface area contributed by atoms with E-state index in [9.17, 15) is 5.48 Å². The zero-order valence-electron chi connectivity index (χ0n) is 43.2. The molecule has 0 amide bonds. The zero-order chi connectivity index (χ0) is 49.5. The fourth-order valence-electron chi connectivity index (χ4n) is 7.67. The molecule has 0 unspecified atom stereocenters. The molecule has 0 spiro atoms. The van der Waals surface area contributed by atoms with E-state index in [0.29, 0.717) is 33.3 Å². The summed E-state index contributed by atoms with van der Waals surface area (Å²) in [5.74, 6) is 0. The van der Waals surface area contributed by atoms with E-state index >= 15 is 0 Å². The van der Waals surface area contributed by atoms with Gasteiger partial charge in [0.2, 0.25) is 0 Å². The predicted molar refractivity (Wildman–Crippen MR) is 244 cm³/mol. The minimum Gasteiger partial charge on any atom is -0.452 e. The van der Waals surface area contributed by atoms with Crippen LogP contribution in [-0.2, 0) is 0 Å². The lowest BCUT2D eigenvalue weighted by Crippen LogP contribution is -1.88. The Morgan fingerprint density at radius 1 is 0.466 bits per heavy atom. The molecule has 0 radical (unpaired) electrons. The number of aromatic nitrogens is 2. The van der Waals surface area contributed by atoms with E-state index in [1.807, 2.05) is 18.2 Å². The van der Waals surface area contributed by atoms with Gasteiger partial charge in [-0.25, -0.2) is 9.97 Å². The van der Waals surface area contributed by atoms with Gasteiger partial charge in [-0.3, -0.25) is 0 Å². The van der Waals surface area contributed by atoms with Crippen molar-refractivity contribution in [3.05, 3.63) is 194 Å². The molecule has 0 N–H and O–H groups in total. The molecule has 3 nitrogen and oxygen atoms in total. The van der Waals surface area contributed by atoms with Crippen LogP contribution in [0.3, 0.4) is 0 Å². The van der Waals surface area contributed by atoms with Crippen molar-refractivity contribution in [2.75, 3.05) is 0 Å². The van der Waals surface area contributed by atoms with Gasteiger partial charge in [-0.05, 0) is 115 Å². The molecule has 3 heterocycles. The summed E-state index contributed by atoms with van der Waals surface area (Å²) in [6.07, 6.45) is 1.44. The maximum absolute atomic E-state index is 9.41. The Hall–Kier alpha value is -7.40. The quantitative estimate of drug-likeness (QED) is 0.175. The summed E-state index contributed by atoms with van der Waals surface area (Å²) in [4.78, 5) is 9.27. The normalized spacial score (nSPS) is 14.9. The van der Waals surface area contributed by atoms with Gasteiger partial charge in [-0.15, -0.1) is 11.3 Å². The lowest BCUT2D eigenvalue weighted by atomic mass is 9.96. The molecule has 0 saturated carbocycles. The van der Waals surface area contributed by atoms with Gasteiger partial charge in [-0.1, -0.05) is 139 Å². The van der Waals surface area contributed by atoms with Gasteiger partial charge in [0.05, 0.1) is 17.8 Å². The molecule has 12 rings (SSSR count). The lowest BCUT2D eigenvalue weighted by Gasteiger charge is -2.09. The molecular formula is C54H32N2OS. The van der Waals surface area contributed by atoms with Crippen molar-refractivity contribution in [1.29, 1.82) is 0 Å². The van der Waals surface area contributed by atoms with Crippen LogP contribution < -0.4 is 0 Å². The number of rotatable bonds is 5. The molecule has 3 aromatic heterocycles. The van der Waals surface area contributed by atoms with Crippen molar-refractivity contribution in [3.8, 4) is 55.8 Å². The zero-order valence-corrected chi connectivity index (χ0v) is 31.0. The van der Waals surface area contributed by atoms with E-state index in [-0.39, 0.29) is 21.7 Å². The third-order valence-electron chi connectivity index (χ3n) is 10.5. The number of furan rings is 1. The maximum Gasteiger partial charge on any atom is 0.180 e. The van der Waals surface area contributed by atoms with Crippen LogP contribution in [0.2, 0.25) is 0 Å². The number of benzene rings is 9. The fourth-order valence-corrected chi connectivity index (χ4v) is 8.91. The van der Waals surface area contributed by atoms with Crippen LogP contribution in [-0.4, -0.2) is 9.97 Å². The Balaban J connectivity index is 0.956. The molecule has 0 fully saturated rings. The summed E-state index contributed by atoms with van der Waals surface area (Å²) < 4.78 is 124. The van der Waals surface area contributed by atoms with Crippen LogP contribution >= 0.6 is 11.3 Å². The number of fused-ring (bicyclic) bond motifs is 8. The second-order valence-electron chi connectivity index (χ2n) is 13.9. The Labute approximate surface area is 356 Å². The van der Waals surface area contributed by atoms with Crippen molar-refractivity contribution < 1.29 is 22.2 Å². The molecule has 0 saturated heterocycles. The van der Waals surface area contributed by atoms with Crippen molar-refractivity contribution in [2.45, 2.75) is 0 Å². The molecule has 0 atom stereocenters. The van der Waals surface area contributed by atoms with Gasteiger partial charge in [0.25, 0.3) is 0 Å². The highest BCUT2D eigenvalue weighted by molar-refractivity contribution is 7.26. The highest BCUT2D eigenvalue weighted by Gasteiger charge is 2.17. The first-order valence-corrected chi connectivity index (χ1v) is 19.3. The largest absolute Gasteiger partial charge is 0.452 e. The molecule has 0 aliphatic rings. The van der Waals surface area contributed by atoms with Crippen LogP contribution in [0.4, 0.5) is 0 Å². The first-order valence-electron chi connectivity index (χ1n) is 25.0. The first kappa shape index (κ1) is 22.4. The Morgan fingerprint density at radius 2 is 1.09 bits per heavy atom. The summed E-state index contributed by atoms with van der Waals surface area (Å²) in [6.45, 7) is 0. The van der Waals surface area contributed by atoms with E-state index in [1.54, 1.807) is 29.5 Å². The van der Waals surface area contributed by atoms with Crippen molar-refractivity contribution in [2.24, 2.45) is 0 Å². The monoisotopic (exact) mass is 769 g/mol. The molecule has 9 aromatic carbocycles. The van der Waals surface area contributed by atoms with E-state index in [1.165, 1.54) is 26.5 Å². The van der Waals surface area contributed by atoms with Crippen LogP contribution in [0.25, 0.3) is 120 Å². The van der Waals surface area contributed by atoms with Gasteiger partial charge >= 0.3 is 0 Å². The van der Waals surface area contributed by atoms with Crippen LogP contribution in [0.1, 0.15) is 17.8 Å². The Kier molecular flexibility index (Phi) is 5.05. The van der Waals surface area contributed by atoms with Crippen molar-refractivity contribution >= 4 is 75.1 Å². The standard InChI is InChI=1S/C54H32N2OS/c1-2-9-34-26-37(19-18-33(34)8-1)38-20-21-40-28-41(23-22-39(40)27-38)42-24-25-49-48(31-42)52-53(57-49)51(55-32-56-52)44-13-6-11-36(30-44)35-10-5-12-43(29-35)45-15-7-16-47-46-14-3-4-17-50(46)58-54(45)47/h1-32H/i1D,2D,8D,9D,18D,19D,20D,21D,22D,23D,26D,27D,28D. The van der Waals surface area contributed by atoms with Gasteiger partial charge in [0.15, 0.2) is 5.58 Å². The highest BCUT2D eigenvalue weighted by atomic mass is 32.1. The maximum atomic E-state index is 9.41. The predicted octanol–water partition coefficient (Wildman–Crippen LogP) is 15.4. The lowest BCUT2D eigenvalue weighted by molar-refractivity contribution is 0.667. The molecule has 58 heavy (non-hydrogen) atoms. The summed E-state index contributed by atoms with van der Waals surface area (Å²) in [6, 6.07) is 28.3. The minimum absolute atomic E-state index is 0.0518. The molecule has 0 aliphatic carbocycles. The number of hydrogen-bond acceptors (Lipinski definition) is 4. The van der Waals surface area contributed by atoms with Gasteiger partial charge in [-0.2, -0.15) is 0 Å². The van der Waals surface area contributed by atoms with E-state index < -0.39 is 95.1 Å². The molecule has 270 valence electrons. The van der Waals surface area contributed by atoms with Crippen LogP contribution in [0.15, 0.2) is 198 Å². The summed E-state index contributed by atoms with van der Waals surface area (Å²) in [5.41, 5.74) is 6.12. The third kappa shape index (κ3) is 5.42. The number of hydrogen-bond donors (Lipinski definition) is 0. The Bertz CT molecular complexity index is 4360. The second kappa shape index (κ2) is 13.1. The molecule has 12 aromatic rings. The van der Waals surface area contributed by atoms with E-state index in [2.05, 4.69) is 82.8 Å². The molecule has 4 heteroatoms. The van der Waals surface area contributed by atoms with Crippen molar-refractivity contribution in [3.63, 3.8) is 0 Å². The summed E-state index contributed by atoms with van der Waals surface area (Å²) in [5, 5.41) is 1.59. The number of thiophene rings is 1. The molecular weight excluding hydrogens is 725 g/mol. The van der Waals surface area contributed by atoms with E-state index in [4.69, 9.17) is 16.8 Å². The smallest absolute Gasteiger partial charge is 0.180 e. The average molecular weight is 770 g/mol. The first-order chi connectivity index (χ1) is 34.2. The number of nitrogens with zero attached hydrogens (tertiary/aromatic N) is 2. The molecule has 0 bridgehead atoms. The third-order valence-corrected chi connectivity index (χ3v) is 11.7. The highest BCUT2D eigenvalue weighted by Crippen LogP contribution is 2.42. The molecule has 0 aliphatic heterocycles. The van der Waals surface area contributed by atoms with Gasteiger partial charge in [0.1, 0.15) is 23.1 Å². The minimum atomic E-state index is -0.712. The van der Waals surface area contributed by atoms with Crippen LogP contribution in [0.5, 0.6) is 0 Å². The second-order valence-corrected chi connectivity index (χ2v) is 15.0. The summed E-state index contributed by atoms with van der Waals surface area (Å²) in [7, 11) is 0. The fraction of sp³-hybridized carbons (Fsp3) is 0. The topological polar surface area (TPSA) is 38.9 Å². The van der Waals surface area contributed by atoms with E-state index in [0.717, 1.165) is 27.8 Å². The van der Waals surface area contributed by atoms with Crippen LogP contribution in [0, 0.1) is 0 Å². The van der Waals surface area contributed by atoms with Crippen molar-refractivity contribution in [1.82, 2.24) is 9.97 Å².